The molecule has 0 spiro atoms. The van der Waals surface area contributed by atoms with Gasteiger partial charge in [0.1, 0.15) is 0 Å². The van der Waals surface area contributed by atoms with Crippen LogP contribution in [0.15, 0.2) is 18.2 Å². The number of hydrogen-bond acceptors (Lipinski definition) is 0. The molecular formula is C7H3F3I. The van der Waals surface area contributed by atoms with Gasteiger partial charge < -0.3 is 0 Å². The molecule has 59 valence electrons. The molecule has 0 nitrogen and oxygen atoms in total. The number of benzene rings is 1. The zero-order valence-electron chi connectivity index (χ0n) is 5.24. The summed E-state index contributed by atoms with van der Waals surface area (Å²) in [5.74, 6) is 0. The van der Waals surface area contributed by atoms with E-state index in [0.29, 0.717) is 3.57 Å². The zero-order chi connectivity index (χ0) is 8.48. The quantitative estimate of drug-likeness (QED) is 0.636. The van der Waals surface area contributed by atoms with Crippen LogP contribution in [-0.4, -0.2) is 0 Å². The van der Waals surface area contributed by atoms with Crippen molar-refractivity contribution >= 4 is 22.6 Å². The van der Waals surface area contributed by atoms with Crippen molar-refractivity contribution < 1.29 is 13.2 Å². The molecule has 0 aliphatic rings. The minimum absolute atomic E-state index is 0.470. The predicted octanol–water partition coefficient (Wildman–Crippen LogP) is 3.11. The van der Waals surface area contributed by atoms with E-state index in [1.54, 1.807) is 28.7 Å². The van der Waals surface area contributed by atoms with E-state index in [9.17, 15) is 13.2 Å². The Morgan fingerprint density at radius 1 is 1.27 bits per heavy atom. The van der Waals surface area contributed by atoms with Gasteiger partial charge >= 0.3 is 6.18 Å². The summed E-state index contributed by atoms with van der Waals surface area (Å²) in [6, 6.07) is 6.14. The SMILES string of the molecule is FC(F)(F)c1[c]c(I)ccc1. The molecule has 4 heteroatoms. The third-order valence-electron chi connectivity index (χ3n) is 1.06. The second kappa shape index (κ2) is 3.00. The molecule has 1 aromatic carbocycles. The van der Waals surface area contributed by atoms with Crippen LogP contribution >= 0.6 is 22.6 Å². The highest BCUT2D eigenvalue weighted by Gasteiger charge is 2.30. The number of halogens is 4. The van der Waals surface area contributed by atoms with Crippen LogP contribution in [0, 0.1) is 9.64 Å². The molecule has 0 aromatic heterocycles. The topological polar surface area (TPSA) is 0 Å². The molecule has 0 saturated heterocycles. The summed E-state index contributed by atoms with van der Waals surface area (Å²) in [7, 11) is 0. The molecule has 0 unspecified atom stereocenters. The van der Waals surface area contributed by atoms with Crippen LogP contribution in [0.25, 0.3) is 0 Å². The van der Waals surface area contributed by atoms with Crippen molar-refractivity contribution in [1.82, 2.24) is 0 Å². The number of alkyl halides is 3. The van der Waals surface area contributed by atoms with Gasteiger partial charge in [0.2, 0.25) is 0 Å². The van der Waals surface area contributed by atoms with Crippen molar-refractivity contribution in [3.05, 3.63) is 33.4 Å². The van der Waals surface area contributed by atoms with Gasteiger partial charge in [0, 0.05) is 9.64 Å². The summed E-state index contributed by atoms with van der Waals surface area (Å²) in [6.45, 7) is 0. The van der Waals surface area contributed by atoms with Crippen LogP contribution < -0.4 is 0 Å². The summed E-state index contributed by atoms with van der Waals surface area (Å²) in [4.78, 5) is 0. The Bertz CT molecular complexity index is 254. The van der Waals surface area contributed by atoms with E-state index < -0.39 is 11.7 Å². The van der Waals surface area contributed by atoms with E-state index in [1.807, 2.05) is 0 Å². The smallest absolute Gasteiger partial charge is 0.166 e. The minimum Gasteiger partial charge on any atom is -0.166 e. The van der Waals surface area contributed by atoms with Gasteiger partial charge in [-0.15, -0.1) is 0 Å². The standard InChI is InChI=1S/C7H3F3I/c8-7(9,10)5-2-1-3-6(11)4-5/h1-3H. The van der Waals surface area contributed by atoms with Crippen molar-refractivity contribution in [2.45, 2.75) is 6.18 Å². The normalized spacial score (nSPS) is 11.6. The van der Waals surface area contributed by atoms with Crippen molar-refractivity contribution in [2.75, 3.05) is 0 Å². The van der Waals surface area contributed by atoms with Crippen LogP contribution in [0.3, 0.4) is 0 Å². The molecule has 1 radical (unpaired) electrons. The average molecular weight is 271 g/mol. The lowest BCUT2D eigenvalue weighted by Gasteiger charge is -2.04. The predicted molar refractivity (Wildman–Crippen MR) is 43.0 cm³/mol. The monoisotopic (exact) mass is 271 g/mol. The van der Waals surface area contributed by atoms with Gasteiger partial charge in [0.25, 0.3) is 0 Å². The molecule has 0 N–H and O–H groups in total. The highest BCUT2D eigenvalue weighted by molar-refractivity contribution is 14.1. The minimum atomic E-state index is -4.28. The summed E-state index contributed by atoms with van der Waals surface area (Å²) < 4.78 is 36.3. The van der Waals surface area contributed by atoms with Gasteiger partial charge in [-0.05, 0) is 34.7 Å². The third kappa shape index (κ3) is 2.36. The lowest BCUT2D eigenvalue weighted by Crippen LogP contribution is -2.04. The van der Waals surface area contributed by atoms with Crippen molar-refractivity contribution in [2.24, 2.45) is 0 Å². The molecule has 1 aromatic rings. The van der Waals surface area contributed by atoms with Gasteiger partial charge in [0.15, 0.2) is 0 Å². The molecule has 0 aliphatic carbocycles. The van der Waals surface area contributed by atoms with Gasteiger partial charge in [0.05, 0.1) is 5.56 Å². The molecule has 0 bridgehead atoms. The first-order valence-electron chi connectivity index (χ1n) is 2.75. The molecule has 1 rings (SSSR count). The molecular weight excluding hydrogens is 268 g/mol. The first-order valence-corrected chi connectivity index (χ1v) is 3.83. The van der Waals surface area contributed by atoms with Crippen molar-refractivity contribution in [3.8, 4) is 0 Å². The summed E-state index contributed by atoms with van der Waals surface area (Å²) >= 11 is 1.79. The van der Waals surface area contributed by atoms with Crippen LogP contribution in [0.5, 0.6) is 0 Å². The van der Waals surface area contributed by atoms with Gasteiger partial charge in [-0.2, -0.15) is 13.2 Å². The van der Waals surface area contributed by atoms with Gasteiger partial charge in [-0.25, -0.2) is 0 Å². The molecule has 11 heavy (non-hydrogen) atoms. The van der Waals surface area contributed by atoms with E-state index in [2.05, 4.69) is 6.07 Å². The first-order chi connectivity index (χ1) is 5.00. The maximum Gasteiger partial charge on any atom is 0.417 e. The maximum absolute atomic E-state index is 11.9. The molecule has 0 aliphatic heterocycles. The second-order valence-corrected chi connectivity index (χ2v) is 3.07. The molecule has 0 amide bonds. The lowest BCUT2D eigenvalue weighted by molar-refractivity contribution is -0.137. The second-order valence-electron chi connectivity index (χ2n) is 1.91. The van der Waals surface area contributed by atoms with Crippen LogP contribution in [0.1, 0.15) is 5.56 Å². The van der Waals surface area contributed by atoms with Crippen molar-refractivity contribution in [1.29, 1.82) is 0 Å². The van der Waals surface area contributed by atoms with E-state index in [-0.39, 0.29) is 0 Å². The Labute approximate surface area is 75.6 Å². The number of rotatable bonds is 0. The first kappa shape index (κ1) is 8.83. The molecule has 0 heterocycles. The molecule has 0 saturated carbocycles. The average Bonchev–Trinajstić information content (AvgIpc) is 1.86. The summed E-state index contributed by atoms with van der Waals surface area (Å²) in [5, 5.41) is 0. The fourth-order valence-electron chi connectivity index (χ4n) is 0.606. The van der Waals surface area contributed by atoms with E-state index in [1.165, 1.54) is 6.07 Å². The van der Waals surface area contributed by atoms with Gasteiger partial charge in [-0.3, -0.25) is 0 Å². The summed E-state index contributed by atoms with van der Waals surface area (Å²) in [6.07, 6.45) is -4.28. The molecule has 0 fully saturated rings. The Balaban J connectivity index is 3.06. The highest BCUT2D eigenvalue weighted by atomic mass is 127. The number of hydrogen-bond donors (Lipinski definition) is 0. The van der Waals surface area contributed by atoms with Crippen LogP contribution in [-0.2, 0) is 6.18 Å². The highest BCUT2D eigenvalue weighted by Crippen LogP contribution is 2.29. The fourth-order valence-corrected chi connectivity index (χ4v) is 1.10. The van der Waals surface area contributed by atoms with Crippen LogP contribution in [0.2, 0.25) is 0 Å². The largest absolute Gasteiger partial charge is 0.417 e. The van der Waals surface area contributed by atoms with Crippen molar-refractivity contribution in [3.63, 3.8) is 0 Å². The maximum atomic E-state index is 11.9. The Hall–Kier alpha value is -0.260. The van der Waals surface area contributed by atoms with E-state index in [4.69, 9.17) is 0 Å². The molecule has 0 atom stereocenters. The third-order valence-corrected chi connectivity index (χ3v) is 1.69. The summed E-state index contributed by atoms with van der Waals surface area (Å²) in [5.41, 5.74) is -0.718. The Kier molecular flexibility index (Phi) is 2.41. The Morgan fingerprint density at radius 3 is 2.27 bits per heavy atom. The van der Waals surface area contributed by atoms with E-state index in [0.717, 1.165) is 6.07 Å². The zero-order valence-corrected chi connectivity index (χ0v) is 7.40. The lowest BCUT2D eigenvalue weighted by atomic mass is 10.2. The van der Waals surface area contributed by atoms with Gasteiger partial charge in [-0.1, -0.05) is 6.07 Å². The Morgan fingerprint density at radius 2 is 1.91 bits per heavy atom. The van der Waals surface area contributed by atoms with Crippen LogP contribution in [0.4, 0.5) is 13.2 Å². The fraction of sp³-hybridized carbons (Fsp3) is 0.143. The van der Waals surface area contributed by atoms with E-state index >= 15 is 0 Å².